The van der Waals surface area contributed by atoms with Crippen molar-refractivity contribution in [3.05, 3.63) is 42.0 Å². The number of ether oxygens (including phenoxy) is 2. The van der Waals surface area contributed by atoms with Gasteiger partial charge in [0.15, 0.2) is 0 Å². The Labute approximate surface area is 116 Å². The standard InChI is InChI=1S/C14H15FN2O3/c1-19-5-6-20-14-16-7-11(8-17-14)12-4-2-3-10(9-18)13(12)15/h2-4,7-8,18H,5-6,9H2,1H3. The molecular formula is C14H15FN2O3. The van der Waals surface area contributed by atoms with Gasteiger partial charge in [-0.15, -0.1) is 0 Å². The van der Waals surface area contributed by atoms with Crippen molar-refractivity contribution in [1.82, 2.24) is 9.97 Å². The minimum Gasteiger partial charge on any atom is -0.461 e. The molecular weight excluding hydrogens is 263 g/mol. The molecule has 1 N–H and O–H groups in total. The van der Waals surface area contributed by atoms with E-state index in [9.17, 15) is 4.39 Å². The predicted octanol–water partition coefficient (Wildman–Crippen LogP) is 1.80. The molecule has 0 amide bonds. The lowest BCUT2D eigenvalue weighted by Crippen LogP contribution is -2.06. The molecule has 2 rings (SSSR count). The van der Waals surface area contributed by atoms with E-state index in [2.05, 4.69) is 9.97 Å². The minimum atomic E-state index is -0.466. The van der Waals surface area contributed by atoms with Crippen molar-refractivity contribution in [2.24, 2.45) is 0 Å². The van der Waals surface area contributed by atoms with Crippen LogP contribution in [0.15, 0.2) is 30.6 Å². The average Bonchev–Trinajstić information content (AvgIpc) is 2.49. The summed E-state index contributed by atoms with van der Waals surface area (Å²) < 4.78 is 24.1. The molecule has 1 aromatic heterocycles. The summed E-state index contributed by atoms with van der Waals surface area (Å²) in [5, 5.41) is 9.05. The summed E-state index contributed by atoms with van der Waals surface area (Å²) >= 11 is 0. The van der Waals surface area contributed by atoms with Crippen LogP contribution >= 0.6 is 0 Å². The van der Waals surface area contributed by atoms with Crippen LogP contribution in [-0.2, 0) is 11.3 Å². The molecule has 1 heterocycles. The van der Waals surface area contributed by atoms with Crippen molar-refractivity contribution >= 4 is 0 Å². The summed E-state index contributed by atoms with van der Waals surface area (Å²) in [5.74, 6) is -0.466. The summed E-state index contributed by atoms with van der Waals surface area (Å²) in [7, 11) is 1.57. The number of hydrogen-bond acceptors (Lipinski definition) is 5. The molecule has 0 aliphatic carbocycles. The molecule has 0 aliphatic heterocycles. The van der Waals surface area contributed by atoms with E-state index < -0.39 is 5.82 Å². The molecule has 0 bridgehead atoms. The van der Waals surface area contributed by atoms with Gasteiger partial charge in [0.1, 0.15) is 12.4 Å². The lowest BCUT2D eigenvalue weighted by molar-refractivity contribution is 0.141. The number of methoxy groups -OCH3 is 1. The molecule has 2 aromatic rings. The molecule has 20 heavy (non-hydrogen) atoms. The Morgan fingerprint density at radius 1 is 1.20 bits per heavy atom. The van der Waals surface area contributed by atoms with Gasteiger partial charge in [-0.05, 0) is 0 Å². The van der Waals surface area contributed by atoms with E-state index in [1.165, 1.54) is 18.5 Å². The van der Waals surface area contributed by atoms with Gasteiger partial charge in [-0.25, -0.2) is 14.4 Å². The van der Waals surface area contributed by atoms with Gasteiger partial charge >= 0.3 is 6.01 Å². The summed E-state index contributed by atoms with van der Waals surface area (Å²) in [5.41, 5.74) is 1.11. The third-order valence-corrected chi connectivity index (χ3v) is 2.71. The zero-order valence-corrected chi connectivity index (χ0v) is 11.0. The molecule has 0 atom stereocenters. The Morgan fingerprint density at radius 2 is 1.95 bits per heavy atom. The molecule has 0 fully saturated rings. The van der Waals surface area contributed by atoms with Crippen LogP contribution in [0, 0.1) is 5.82 Å². The van der Waals surface area contributed by atoms with Crippen molar-refractivity contribution in [3.8, 4) is 17.1 Å². The molecule has 0 saturated carbocycles. The highest BCUT2D eigenvalue weighted by Gasteiger charge is 2.10. The molecule has 0 radical (unpaired) electrons. The number of aromatic nitrogens is 2. The van der Waals surface area contributed by atoms with Gasteiger partial charge in [0.25, 0.3) is 0 Å². The normalized spacial score (nSPS) is 10.6. The van der Waals surface area contributed by atoms with Crippen LogP contribution in [0.25, 0.3) is 11.1 Å². The molecule has 0 spiro atoms. The second-order valence-corrected chi connectivity index (χ2v) is 4.03. The Hall–Kier alpha value is -2.05. The van der Waals surface area contributed by atoms with Gasteiger partial charge in [-0.1, -0.05) is 18.2 Å². The van der Waals surface area contributed by atoms with Gasteiger partial charge in [-0.2, -0.15) is 0 Å². The van der Waals surface area contributed by atoms with Crippen LogP contribution in [0.3, 0.4) is 0 Å². The second kappa shape index (κ2) is 6.93. The fourth-order valence-electron chi connectivity index (χ4n) is 1.67. The number of benzene rings is 1. The third kappa shape index (κ3) is 3.28. The molecule has 0 saturated heterocycles. The van der Waals surface area contributed by atoms with E-state index in [0.717, 1.165) is 0 Å². The minimum absolute atomic E-state index is 0.213. The van der Waals surface area contributed by atoms with E-state index in [1.54, 1.807) is 19.2 Å². The monoisotopic (exact) mass is 278 g/mol. The first-order valence-electron chi connectivity index (χ1n) is 6.08. The number of aliphatic hydroxyl groups is 1. The molecule has 5 nitrogen and oxygen atoms in total. The molecule has 1 aromatic carbocycles. The van der Waals surface area contributed by atoms with Crippen molar-refractivity contribution in [3.63, 3.8) is 0 Å². The Morgan fingerprint density at radius 3 is 2.60 bits per heavy atom. The molecule has 6 heteroatoms. The highest BCUT2D eigenvalue weighted by atomic mass is 19.1. The van der Waals surface area contributed by atoms with E-state index in [-0.39, 0.29) is 18.2 Å². The van der Waals surface area contributed by atoms with Crippen LogP contribution < -0.4 is 4.74 Å². The number of aliphatic hydroxyl groups excluding tert-OH is 1. The fraction of sp³-hybridized carbons (Fsp3) is 0.286. The van der Waals surface area contributed by atoms with Crippen LogP contribution in [0.4, 0.5) is 4.39 Å². The molecule has 106 valence electrons. The molecule has 0 unspecified atom stereocenters. The van der Waals surface area contributed by atoms with Crippen LogP contribution in [0.2, 0.25) is 0 Å². The van der Waals surface area contributed by atoms with Crippen LogP contribution in [0.5, 0.6) is 6.01 Å². The third-order valence-electron chi connectivity index (χ3n) is 2.71. The van der Waals surface area contributed by atoms with Crippen molar-refractivity contribution in [2.45, 2.75) is 6.61 Å². The Balaban J connectivity index is 2.17. The van der Waals surface area contributed by atoms with Gasteiger partial charge in [0.05, 0.1) is 13.2 Å². The summed E-state index contributed by atoms with van der Waals surface area (Å²) in [6, 6.07) is 5.03. The highest BCUT2D eigenvalue weighted by molar-refractivity contribution is 5.63. The largest absolute Gasteiger partial charge is 0.461 e. The van der Waals surface area contributed by atoms with E-state index in [1.807, 2.05) is 0 Å². The molecule has 0 aliphatic rings. The smallest absolute Gasteiger partial charge is 0.316 e. The topological polar surface area (TPSA) is 64.5 Å². The SMILES string of the molecule is COCCOc1ncc(-c2cccc(CO)c2F)cn1. The maximum Gasteiger partial charge on any atom is 0.316 e. The summed E-state index contributed by atoms with van der Waals surface area (Å²) in [6.45, 7) is 0.446. The summed E-state index contributed by atoms with van der Waals surface area (Å²) in [4.78, 5) is 8.01. The predicted molar refractivity (Wildman–Crippen MR) is 70.7 cm³/mol. The van der Waals surface area contributed by atoms with Crippen LogP contribution in [0.1, 0.15) is 5.56 Å². The number of nitrogens with zero attached hydrogens (tertiary/aromatic N) is 2. The number of rotatable bonds is 6. The van der Waals surface area contributed by atoms with Crippen molar-refractivity contribution in [2.75, 3.05) is 20.3 Å². The fourth-order valence-corrected chi connectivity index (χ4v) is 1.67. The lowest BCUT2D eigenvalue weighted by atomic mass is 10.1. The van der Waals surface area contributed by atoms with E-state index >= 15 is 0 Å². The zero-order chi connectivity index (χ0) is 14.4. The number of hydrogen-bond donors (Lipinski definition) is 1. The first-order chi connectivity index (χ1) is 9.76. The van der Waals surface area contributed by atoms with E-state index in [0.29, 0.717) is 24.3 Å². The van der Waals surface area contributed by atoms with Crippen molar-refractivity contribution < 1.29 is 19.0 Å². The van der Waals surface area contributed by atoms with Gasteiger partial charge < -0.3 is 14.6 Å². The zero-order valence-electron chi connectivity index (χ0n) is 11.0. The first kappa shape index (κ1) is 14.4. The van der Waals surface area contributed by atoms with Crippen molar-refractivity contribution in [1.29, 1.82) is 0 Å². The second-order valence-electron chi connectivity index (χ2n) is 4.03. The first-order valence-corrected chi connectivity index (χ1v) is 6.08. The van der Waals surface area contributed by atoms with E-state index in [4.69, 9.17) is 14.6 Å². The van der Waals surface area contributed by atoms with Gasteiger partial charge in [0.2, 0.25) is 0 Å². The maximum absolute atomic E-state index is 14.0. The Kier molecular flexibility index (Phi) is 4.97. The highest BCUT2D eigenvalue weighted by Crippen LogP contribution is 2.24. The Bertz CT molecular complexity index is 561. The van der Waals surface area contributed by atoms with Gasteiger partial charge in [0, 0.05) is 36.2 Å². The van der Waals surface area contributed by atoms with Gasteiger partial charge in [-0.3, -0.25) is 0 Å². The lowest BCUT2D eigenvalue weighted by Gasteiger charge is -2.07. The quantitative estimate of drug-likeness (QED) is 0.816. The maximum atomic E-state index is 14.0. The average molecular weight is 278 g/mol. The number of halogens is 1. The summed E-state index contributed by atoms with van der Waals surface area (Å²) in [6.07, 6.45) is 2.96. The van der Waals surface area contributed by atoms with Crippen LogP contribution in [-0.4, -0.2) is 35.4 Å².